The van der Waals surface area contributed by atoms with E-state index in [0.717, 1.165) is 6.92 Å². The minimum absolute atomic E-state index is 0.830. The predicted octanol–water partition coefficient (Wildman–Crippen LogP) is -10.8. The van der Waals surface area contributed by atoms with Crippen LogP contribution in [0.3, 0.4) is 0 Å². The van der Waals surface area contributed by atoms with Crippen molar-refractivity contribution in [2.45, 2.75) is 167 Å². The second kappa shape index (κ2) is 20.1. The highest BCUT2D eigenvalue weighted by atomic mass is 16.8. The molecule has 5 saturated heterocycles. The van der Waals surface area contributed by atoms with Crippen LogP contribution in [0.4, 0.5) is 0 Å². The lowest BCUT2D eigenvalue weighted by Crippen LogP contribution is -2.71. The molecule has 26 heteroatoms. The maximum atomic E-state index is 12.8. The Kier molecular flexibility index (Phi) is 16.5. The lowest BCUT2D eigenvalue weighted by molar-refractivity contribution is -0.391. The Hall–Kier alpha value is -1.49. The van der Waals surface area contributed by atoms with Crippen LogP contribution in [-0.2, 0) is 47.4 Å². The van der Waals surface area contributed by atoms with Gasteiger partial charge in [-0.05, 0) is 6.92 Å². The molecule has 338 valence electrons. The summed E-state index contributed by atoms with van der Waals surface area (Å²) in [6, 6.07) is -1.73. The first-order valence-corrected chi connectivity index (χ1v) is 18.5. The zero-order valence-electron chi connectivity index (χ0n) is 31.1. The van der Waals surface area contributed by atoms with Crippen LogP contribution in [0, 0.1) is 0 Å². The van der Waals surface area contributed by atoms with E-state index in [9.17, 15) is 81.4 Å². The van der Waals surface area contributed by atoms with Gasteiger partial charge in [0.1, 0.15) is 116 Å². The molecule has 5 aliphatic rings. The number of ether oxygens (including phenoxy) is 9. The fourth-order valence-electron chi connectivity index (χ4n) is 7.37. The smallest absolute Gasteiger partial charge is 0.217 e. The van der Waals surface area contributed by atoms with Gasteiger partial charge in [-0.15, -0.1) is 0 Å². The largest absolute Gasteiger partial charge is 0.394 e. The lowest BCUT2D eigenvalue weighted by atomic mass is 9.93. The number of nitrogens with one attached hydrogen (secondary N) is 1. The Morgan fingerprint density at radius 1 is 0.448 bits per heavy atom. The van der Waals surface area contributed by atoms with E-state index < -0.39 is 186 Å². The van der Waals surface area contributed by atoms with Crippen LogP contribution in [0.2, 0.25) is 0 Å². The Bertz CT molecular complexity index is 1300. The summed E-state index contributed by atoms with van der Waals surface area (Å²) in [4.78, 5) is 12.8. The molecule has 16 N–H and O–H groups in total. The first-order valence-electron chi connectivity index (χ1n) is 18.5. The van der Waals surface area contributed by atoms with E-state index in [1.54, 1.807) is 0 Å². The Morgan fingerprint density at radius 3 is 1.47 bits per heavy atom. The van der Waals surface area contributed by atoms with Crippen LogP contribution in [-0.4, -0.2) is 262 Å². The molecule has 0 aliphatic carbocycles. The van der Waals surface area contributed by atoms with Crippen LogP contribution in [0.1, 0.15) is 13.8 Å². The summed E-state index contributed by atoms with van der Waals surface area (Å²) >= 11 is 0. The predicted molar refractivity (Wildman–Crippen MR) is 177 cm³/mol. The number of hydrogen-bond donors (Lipinski definition) is 16. The molecule has 0 aromatic rings. The quantitative estimate of drug-likeness (QED) is 0.0818. The highest BCUT2D eigenvalue weighted by Gasteiger charge is 2.57. The van der Waals surface area contributed by atoms with Crippen LogP contribution in [0.5, 0.6) is 0 Å². The third kappa shape index (κ3) is 9.75. The average Bonchev–Trinajstić information content (AvgIpc) is 3.19. The lowest BCUT2D eigenvalue weighted by Gasteiger charge is -2.51. The normalized spacial score (nSPS) is 51.6. The molecule has 26 nitrogen and oxygen atoms in total. The van der Waals surface area contributed by atoms with Crippen molar-refractivity contribution in [1.82, 2.24) is 5.32 Å². The second-order valence-corrected chi connectivity index (χ2v) is 14.7. The minimum Gasteiger partial charge on any atom is -0.394 e. The number of carbonyl (C=O) groups excluding carboxylic acids is 1. The summed E-state index contributed by atoms with van der Waals surface area (Å²) in [5, 5.41) is 159. The number of hydrogen-bond acceptors (Lipinski definition) is 25. The summed E-state index contributed by atoms with van der Waals surface area (Å²) in [7, 11) is 0. The van der Waals surface area contributed by atoms with Crippen molar-refractivity contribution in [3.05, 3.63) is 0 Å². The van der Waals surface area contributed by atoms with Crippen LogP contribution in [0.25, 0.3) is 0 Å². The van der Waals surface area contributed by atoms with Gasteiger partial charge >= 0.3 is 0 Å². The Morgan fingerprint density at radius 2 is 0.897 bits per heavy atom. The van der Waals surface area contributed by atoms with E-state index in [1.165, 1.54) is 6.92 Å². The van der Waals surface area contributed by atoms with Gasteiger partial charge < -0.3 is 125 Å². The molecule has 0 saturated carbocycles. The van der Waals surface area contributed by atoms with Crippen molar-refractivity contribution in [2.75, 3.05) is 26.4 Å². The van der Waals surface area contributed by atoms with Gasteiger partial charge in [-0.3, -0.25) is 4.79 Å². The van der Waals surface area contributed by atoms with Crippen LogP contribution >= 0.6 is 0 Å². The fourth-order valence-corrected chi connectivity index (χ4v) is 7.37. The Balaban J connectivity index is 1.50. The third-order valence-electron chi connectivity index (χ3n) is 10.7. The number of aliphatic hydroxyl groups is 15. The number of carbonyl (C=O) groups is 1. The van der Waals surface area contributed by atoms with Crippen molar-refractivity contribution >= 4 is 5.91 Å². The standard InChI is InChI=1S/C32H55NO25/c1-7-14(39)17(42)21(46)30(50-7)57-26-13(33-8(2)38)29(54-12(6-37)25(26)56-31-22(47)18(43)15(40)9(3-34)52-31)58-27-16(41)10(4-35)53-32(23(27)48)55-24-11(5-36)51-28(49)20(45)19(24)44/h7,9-32,34-37,39-49H,3-6H2,1-2H3,(H,33,38)/t7-,9+,10+,11+,12+,13+,14+,15-,16-,17+,18-,19+,20+,21-,22+,23+,24+,25+,26+,27-,28+,29-,30-,31-,32-/m0/s1. The molecule has 0 bridgehead atoms. The number of rotatable bonds is 13. The van der Waals surface area contributed by atoms with E-state index in [-0.39, 0.29) is 0 Å². The van der Waals surface area contributed by atoms with Gasteiger partial charge in [-0.25, -0.2) is 0 Å². The SMILES string of the molecule is CC(=O)N[C@H]1[C@H](O[C@H]2[C@@H](O)[C@@H](CO)O[C@@H](O[C@H]3[C@H](O)[C@@H](O)[C@H](O)O[C@@H]3CO)[C@@H]2O)O[C@H](CO)[C@@H](O[C@@H]2O[C@H](CO)[C@H](O)[C@H](O)[C@H]2O)[C@@H]1O[C@@H]1O[C@@H](C)[C@@H](O)[C@@H](O)[C@@H]1O. The monoisotopic (exact) mass is 853 g/mol. The van der Waals surface area contributed by atoms with E-state index in [1.807, 2.05) is 0 Å². The van der Waals surface area contributed by atoms with E-state index in [4.69, 9.17) is 42.6 Å². The number of amides is 1. The Labute approximate surface area is 329 Å². The fraction of sp³-hybridized carbons (Fsp3) is 0.969. The summed E-state index contributed by atoms with van der Waals surface area (Å²) in [5.74, 6) is -0.830. The van der Waals surface area contributed by atoms with E-state index >= 15 is 0 Å². The van der Waals surface area contributed by atoms with E-state index in [2.05, 4.69) is 5.32 Å². The molecule has 5 fully saturated rings. The summed E-state index contributed by atoms with van der Waals surface area (Å²) in [6.07, 6.45) is -43.6. The topological polar surface area (TPSA) is 416 Å². The molecule has 5 aliphatic heterocycles. The van der Waals surface area contributed by atoms with Gasteiger partial charge in [0.05, 0.1) is 32.5 Å². The van der Waals surface area contributed by atoms with E-state index in [0.29, 0.717) is 0 Å². The summed E-state index contributed by atoms with van der Waals surface area (Å²) in [5.41, 5.74) is 0. The third-order valence-corrected chi connectivity index (χ3v) is 10.7. The highest BCUT2D eigenvalue weighted by molar-refractivity contribution is 5.73. The van der Waals surface area contributed by atoms with Gasteiger partial charge in [0.15, 0.2) is 31.5 Å². The first kappa shape index (κ1) is 47.6. The van der Waals surface area contributed by atoms with Gasteiger partial charge in [0, 0.05) is 6.92 Å². The van der Waals surface area contributed by atoms with Crippen molar-refractivity contribution in [3.63, 3.8) is 0 Å². The second-order valence-electron chi connectivity index (χ2n) is 14.7. The maximum Gasteiger partial charge on any atom is 0.217 e. The van der Waals surface area contributed by atoms with Gasteiger partial charge in [-0.1, -0.05) is 0 Å². The first-order chi connectivity index (χ1) is 27.4. The van der Waals surface area contributed by atoms with Crippen molar-refractivity contribution in [1.29, 1.82) is 0 Å². The molecule has 1 amide bonds. The van der Waals surface area contributed by atoms with Gasteiger partial charge in [0.25, 0.3) is 0 Å². The molecule has 58 heavy (non-hydrogen) atoms. The average molecular weight is 854 g/mol. The number of aliphatic hydroxyl groups excluding tert-OH is 15. The highest BCUT2D eigenvalue weighted by Crippen LogP contribution is 2.36. The van der Waals surface area contributed by atoms with Crippen molar-refractivity contribution < 1.29 is 124 Å². The minimum atomic E-state index is -2.12. The molecule has 0 spiro atoms. The molecule has 0 aromatic carbocycles. The molecule has 0 aromatic heterocycles. The van der Waals surface area contributed by atoms with Crippen LogP contribution < -0.4 is 5.32 Å². The van der Waals surface area contributed by atoms with Crippen molar-refractivity contribution in [2.24, 2.45) is 0 Å². The molecule has 0 radical (unpaired) electrons. The molecule has 5 rings (SSSR count). The van der Waals surface area contributed by atoms with Crippen LogP contribution in [0.15, 0.2) is 0 Å². The summed E-state index contributed by atoms with van der Waals surface area (Å²) in [6.45, 7) is -1.36. The molecular formula is C32H55NO25. The van der Waals surface area contributed by atoms with Crippen molar-refractivity contribution in [3.8, 4) is 0 Å². The zero-order valence-corrected chi connectivity index (χ0v) is 31.1. The molecule has 0 unspecified atom stereocenters. The molecule has 5 heterocycles. The molecule has 25 atom stereocenters. The zero-order chi connectivity index (χ0) is 42.9. The molecular weight excluding hydrogens is 798 g/mol. The maximum absolute atomic E-state index is 12.8. The van der Waals surface area contributed by atoms with Gasteiger partial charge in [-0.2, -0.15) is 0 Å². The summed E-state index contributed by atoms with van der Waals surface area (Å²) < 4.78 is 51.4. The van der Waals surface area contributed by atoms with Gasteiger partial charge in [0.2, 0.25) is 5.91 Å².